The Balaban J connectivity index is 0.00000256. The number of aryl methyl sites for hydroxylation is 2. The van der Waals surface area contributed by atoms with E-state index >= 15 is 0 Å². The summed E-state index contributed by atoms with van der Waals surface area (Å²) in [6.07, 6.45) is 0.305. The third-order valence-corrected chi connectivity index (χ3v) is 6.84. The molecule has 158 valence electrons. The fourth-order valence-electron chi connectivity index (χ4n) is 3.56. The molecule has 1 aromatic carbocycles. The number of carbonyl (C=O) groups is 1. The highest BCUT2D eigenvalue weighted by Gasteiger charge is 2.32. The van der Waals surface area contributed by atoms with Crippen LogP contribution in [0.15, 0.2) is 29.3 Å². The number of hydrogen-bond acceptors (Lipinski definition) is 5. The van der Waals surface area contributed by atoms with Gasteiger partial charge in [0.25, 0.3) is 0 Å². The van der Waals surface area contributed by atoms with Gasteiger partial charge in [-0.25, -0.2) is 0 Å². The lowest BCUT2D eigenvalue weighted by Crippen LogP contribution is -2.14. The summed E-state index contributed by atoms with van der Waals surface area (Å²) in [4.78, 5) is 19.0. The quantitative estimate of drug-likeness (QED) is 0.494. The van der Waals surface area contributed by atoms with Crippen molar-refractivity contribution in [3.05, 3.63) is 62.5 Å². The number of halogens is 1. The topological polar surface area (TPSA) is 60.1 Å². The van der Waals surface area contributed by atoms with Crippen molar-refractivity contribution in [2.24, 2.45) is 10.9 Å². The van der Waals surface area contributed by atoms with Crippen molar-refractivity contribution < 1.29 is 4.79 Å². The summed E-state index contributed by atoms with van der Waals surface area (Å²) in [7, 11) is 0. The lowest BCUT2D eigenvalue weighted by Gasteiger charge is -2.13. The van der Waals surface area contributed by atoms with Gasteiger partial charge < -0.3 is 0 Å². The molecule has 0 N–H and O–H groups in total. The van der Waals surface area contributed by atoms with Gasteiger partial charge in [0.2, 0.25) is 0 Å². The molecule has 0 radical (unpaired) electrons. The molecule has 30 heavy (non-hydrogen) atoms. The zero-order valence-corrected chi connectivity index (χ0v) is 18.7. The van der Waals surface area contributed by atoms with Gasteiger partial charge in [-0.05, 0) is 38.5 Å². The van der Waals surface area contributed by atoms with Crippen LogP contribution in [0.25, 0.3) is 5.00 Å². The van der Waals surface area contributed by atoms with Crippen molar-refractivity contribution in [1.82, 2.24) is 14.8 Å². The molecule has 1 aliphatic heterocycles. The molecule has 1 atom stereocenters. The molecular formula is C23H27ClN4OS. The summed E-state index contributed by atoms with van der Waals surface area (Å²) in [5.74, 6) is 1.64. The molecule has 0 unspecified atom stereocenters. The minimum Gasteiger partial charge on any atom is -0.299 e. The average Bonchev–Trinajstić information content (AvgIpc) is 3.15. The molecule has 3 aromatic rings. The van der Waals surface area contributed by atoms with Gasteiger partial charge in [-0.2, -0.15) is 0 Å². The number of fused-ring (bicyclic) bond motifs is 3. The predicted octanol–water partition coefficient (Wildman–Crippen LogP) is 6.05. The van der Waals surface area contributed by atoms with E-state index in [4.69, 9.17) is 16.6 Å². The van der Waals surface area contributed by atoms with E-state index in [9.17, 15) is 4.79 Å². The van der Waals surface area contributed by atoms with Crippen LogP contribution >= 0.6 is 22.9 Å². The molecule has 0 saturated heterocycles. The van der Waals surface area contributed by atoms with Crippen LogP contribution in [0.4, 0.5) is 0 Å². The van der Waals surface area contributed by atoms with E-state index in [0.717, 1.165) is 33.5 Å². The van der Waals surface area contributed by atoms with Crippen molar-refractivity contribution in [2.45, 2.75) is 54.5 Å². The summed E-state index contributed by atoms with van der Waals surface area (Å²) >= 11 is 7.83. The molecule has 1 aliphatic rings. The Morgan fingerprint density at radius 3 is 2.47 bits per heavy atom. The monoisotopic (exact) mass is 442 g/mol. The van der Waals surface area contributed by atoms with Crippen LogP contribution in [0.2, 0.25) is 5.02 Å². The van der Waals surface area contributed by atoms with Crippen molar-refractivity contribution in [3.63, 3.8) is 0 Å². The fraction of sp³-hybridized carbons (Fsp3) is 0.391. The van der Waals surface area contributed by atoms with Crippen LogP contribution in [0.5, 0.6) is 0 Å². The van der Waals surface area contributed by atoms with E-state index in [-0.39, 0.29) is 25.2 Å². The van der Waals surface area contributed by atoms with E-state index in [1.165, 1.54) is 10.4 Å². The van der Waals surface area contributed by atoms with Crippen LogP contribution in [0.1, 0.15) is 67.0 Å². The van der Waals surface area contributed by atoms with E-state index in [2.05, 4.69) is 28.6 Å². The third kappa shape index (κ3) is 3.74. The number of Topliss-reactive ketones (excluding diaryl/α,β-unsaturated/α-hetero) is 1. The summed E-state index contributed by atoms with van der Waals surface area (Å²) in [6, 6.07) is 7.34. The Bertz CT molecular complexity index is 1130. The van der Waals surface area contributed by atoms with Crippen molar-refractivity contribution in [3.8, 4) is 5.00 Å². The first-order valence-electron chi connectivity index (χ1n) is 9.67. The van der Waals surface area contributed by atoms with E-state index in [1.807, 2.05) is 45.0 Å². The Morgan fingerprint density at radius 1 is 1.17 bits per heavy atom. The molecular weight excluding hydrogens is 416 g/mol. The lowest BCUT2D eigenvalue weighted by molar-refractivity contribution is -0.122. The van der Waals surface area contributed by atoms with Gasteiger partial charge in [-0.15, -0.1) is 21.5 Å². The van der Waals surface area contributed by atoms with E-state index in [0.29, 0.717) is 11.4 Å². The molecule has 0 bridgehead atoms. The Labute approximate surface area is 186 Å². The van der Waals surface area contributed by atoms with Gasteiger partial charge in [0, 0.05) is 33.4 Å². The molecule has 0 fully saturated rings. The summed E-state index contributed by atoms with van der Waals surface area (Å²) in [6.45, 7) is 10.0. The van der Waals surface area contributed by atoms with Crippen LogP contribution in [-0.4, -0.2) is 26.3 Å². The van der Waals surface area contributed by atoms with Crippen molar-refractivity contribution >= 4 is 34.4 Å². The maximum absolute atomic E-state index is 12.6. The minimum absolute atomic E-state index is 0. The highest BCUT2D eigenvalue weighted by molar-refractivity contribution is 7.15. The maximum Gasteiger partial charge on any atom is 0.163 e. The molecule has 5 nitrogen and oxygen atoms in total. The molecule has 7 heteroatoms. The fourth-order valence-corrected chi connectivity index (χ4v) is 4.90. The molecule has 0 aliphatic carbocycles. The molecule has 0 amide bonds. The van der Waals surface area contributed by atoms with Gasteiger partial charge in [0.1, 0.15) is 22.7 Å². The highest BCUT2D eigenvalue weighted by atomic mass is 35.5. The predicted molar refractivity (Wildman–Crippen MR) is 124 cm³/mol. The first kappa shape index (κ1) is 22.4. The van der Waals surface area contributed by atoms with Crippen molar-refractivity contribution in [2.75, 3.05) is 0 Å². The molecule has 4 rings (SSSR count). The number of thiophene rings is 1. The number of carbonyl (C=O) groups excluding carboxylic acids is 1. The molecule has 2 aromatic heterocycles. The first-order valence-corrected chi connectivity index (χ1v) is 10.9. The largest absolute Gasteiger partial charge is 0.299 e. The van der Waals surface area contributed by atoms with Gasteiger partial charge in [-0.1, -0.05) is 45.0 Å². The second kappa shape index (κ2) is 8.44. The number of hydrogen-bond donors (Lipinski definition) is 0. The molecule has 0 saturated carbocycles. The maximum atomic E-state index is 12.6. The van der Waals surface area contributed by atoms with Crippen LogP contribution in [-0.2, 0) is 4.79 Å². The third-order valence-electron chi connectivity index (χ3n) is 5.40. The Hall–Kier alpha value is -2.31. The van der Waals surface area contributed by atoms with Crippen LogP contribution < -0.4 is 0 Å². The van der Waals surface area contributed by atoms with Gasteiger partial charge in [-0.3, -0.25) is 14.4 Å². The van der Waals surface area contributed by atoms with Gasteiger partial charge >= 0.3 is 0 Å². The number of nitrogens with zero attached hydrogens (tertiary/aromatic N) is 4. The standard InChI is InChI=1S/C22H23ClN4OS.CH4/c1-11(2)18(28)10-17-21-26-25-14(5)27(21)22-19(12(3)13(4)29-22)20(24-17)15-6-8-16(23)9-7-15;/h6-9,11,17H,10H2,1-5H3;1H4/t17-;/m0./s1. The Kier molecular flexibility index (Phi) is 6.29. The number of aromatic nitrogens is 3. The normalized spacial score (nSPS) is 15.2. The second-order valence-electron chi connectivity index (χ2n) is 7.73. The number of aliphatic imine (C=N–C) groups is 1. The van der Waals surface area contributed by atoms with Crippen LogP contribution in [0.3, 0.4) is 0 Å². The van der Waals surface area contributed by atoms with Crippen LogP contribution in [0, 0.1) is 26.7 Å². The van der Waals surface area contributed by atoms with Gasteiger partial charge in [0.05, 0.1) is 5.71 Å². The minimum atomic E-state index is -0.379. The molecule has 3 heterocycles. The second-order valence-corrected chi connectivity index (χ2v) is 9.37. The Morgan fingerprint density at radius 2 is 1.83 bits per heavy atom. The summed E-state index contributed by atoms with van der Waals surface area (Å²) in [5, 5.41) is 10.5. The number of benzene rings is 1. The van der Waals surface area contributed by atoms with E-state index in [1.54, 1.807) is 11.3 Å². The first-order chi connectivity index (χ1) is 13.8. The van der Waals surface area contributed by atoms with E-state index < -0.39 is 0 Å². The SMILES string of the molecule is C.Cc1sc2c(c1C)C(c1ccc(Cl)cc1)=N[C@@H](CC(=O)C(C)C)c1nnc(C)n1-2. The highest BCUT2D eigenvalue weighted by Crippen LogP contribution is 2.39. The lowest BCUT2D eigenvalue weighted by atomic mass is 9.98. The summed E-state index contributed by atoms with van der Waals surface area (Å²) < 4.78 is 2.07. The zero-order valence-electron chi connectivity index (χ0n) is 17.2. The molecule has 0 spiro atoms. The smallest absolute Gasteiger partial charge is 0.163 e. The average molecular weight is 443 g/mol. The van der Waals surface area contributed by atoms with Gasteiger partial charge in [0.15, 0.2) is 5.82 Å². The van der Waals surface area contributed by atoms with Crippen molar-refractivity contribution in [1.29, 1.82) is 0 Å². The number of rotatable bonds is 4. The summed E-state index contributed by atoms with van der Waals surface area (Å²) in [5.41, 5.74) is 4.13. The number of ketones is 1. The zero-order chi connectivity index (χ0) is 20.9.